The first-order valence-corrected chi connectivity index (χ1v) is 12.3. The summed E-state index contributed by atoms with van der Waals surface area (Å²) in [4.78, 5) is 30.6. The Balaban J connectivity index is 1.35. The Morgan fingerprint density at radius 3 is 2.47 bits per heavy atom. The minimum absolute atomic E-state index is 0.133. The zero-order chi connectivity index (χ0) is 23.9. The predicted octanol–water partition coefficient (Wildman–Crippen LogP) is 6.19. The van der Waals surface area contributed by atoms with E-state index in [0.29, 0.717) is 22.1 Å². The molecule has 0 aliphatic heterocycles. The summed E-state index contributed by atoms with van der Waals surface area (Å²) in [6.07, 6.45) is 0. The first-order valence-electron chi connectivity index (χ1n) is 10.6. The van der Waals surface area contributed by atoms with Gasteiger partial charge in [-0.25, -0.2) is 4.98 Å². The van der Waals surface area contributed by atoms with Gasteiger partial charge in [-0.2, -0.15) is 0 Å². The summed E-state index contributed by atoms with van der Waals surface area (Å²) < 4.78 is 5.13. The molecule has 0 bridgehead atoms. The van der Waals surface area contributed by atoms with Crippen molar-refractivity contribution in [2.75, 3.05) is 17.7 Å². The molecule has 6 nitrogen and oxygen atoms in total. The number of thioether (sulfide) groups is 1. The Morgan fingerprint density at radius 2 is 1.74 bits per heavy atom. The molecule has 0 aliphatic carbocycles. The molecule has 172 valence electrons. The lowest BCUT2D eigenvalue weighted by Crippen LogP contribution is -2.22. The summed E-state index contributed by atoms with van der Waals surface area (Å²) in [5.74, 6) is 0.344. The van der Waals surface area contributed by atoms with Crippen molar-refractivity contribution in [2.45, 2.75) is 17.1 Å². The molecule has 3 aromatic carbocycles. The molecule has 0 saturated carbocycles. The van der Waals surface area contributed by atoms with Gasteiger partial charge in [0.15, 0.2) is 5.13 Å². The Hall–Kier alpha value is -3.62. The molecular formula is C26H23N3O3S2. The van der Waals surface area contributed by atoms with Crippen LogP contribution in [0, 0.1) is 0 Å². The number of benzene rings is 3. The quantitative estimate of drug-likeness (QED) is 0.289. The van der Waals surface area contributed by atoms with Gasteiger partial charge >= 0.3 is 0 Å². The van der Waals surface area contributed by atoms with Crippen LogP contribution in [0.5, 0.6) is 5.75 Å². The van der Waals surface area contributed by atoms with Gasteiger partial charge in [0, 0.05) is 27.1 Å². The van der Waals surface area contributed by atoms with Gasteiger partial charge < -0.3 is 15.4 Å². The first kappa shape index (κ1) is 23.5. The van der Waals surface area contributed by atoms with Gasteiger partial charge in [0.25, 0.3) is 5.91 Å². The molecule has 34 heavy (non-hydrogen) atoms. The van der Waals surface area contributed by atoms with E-state index in [1.54, 1.807) is 31.4 Å². The lowest BCUT2D eigenvalue weighted by atomic mass is 10.2. The largest absolute Gasteiger partial charge is 0.497 e. The molecular weight excluding hydrogens is 466 g/mol. The van der Waals surface area contributed by atoms with Gasteiger partial charge in [0.1, 0.15) is 5.75 Å². The topological polar surface area (TPSA) is 80.3 Å². The molecule has 0 radical (unpaired) electrons. The lowest BCUT2D eigenvalue weighted by Gasteiger charge is -2.12. The monoisotopic (exact) mass is 489 g/mol. The zero-order valence-corrected chi connectivity index (χ0v) is 20.3. The highest BCUT2D eigenvalue weighted by atomic mass is 32.2. The van der Waals surface area contributed by atoms with Gasteiger partial charge in [-0.1, -0.05) is 36.4 Å². The summed E-state index contributed by atoms with van der Waals surface area (Å²) in [6.45, 7) is 1.84. The van der Waals surface area contributed by atoms with Crippen molar-refractivity contribution in [2.24, 2.45) is 0 Å². The van der Waals surface area contributed by atoms with Crippen molar-refractivity contribution in [3.8, 4) is 17.0 Å². The number of rotatable bonds is 8. The van der Waals surface area contributed by atoms with E-state index in [0.717, 1.165) is 16.2 Å². The number of nitrogens with one attached hydrogen (secondary N) is 2. The van der Waals surface area contributed by atoms with Crippen LogP contribution in [0.2, 0.25) is 0 Å². The highest BCUT2D eigenvalue weighted by Crippen LogP contribution is 2.29. The number of hydrogen-bond acceptors (Lipinski definition) is 6. The second-order valence-electron chi connectivity index (χ2n) is 7.36. The number of ether oxygens (including phenoxy) is 1. The first-order chi connectivity index (χ1) is 16.5. The Morgan fingerprint density at radius 1 is 0.971 bits per heavy atom. The molecule has 2 N–H and O–H groups in total. The van der Waals surface area contributed by atoms with Crippen LogP contribution in [0.15, 0.2) is 89.1 Å². The number of aromatic nitrogens is 1. The highest BCUT2D eigenvalue weighted by Gasteiger charge is 2.17. The number of hydrogen-bond donors (Lipinski definition) is 2. The van der Waals surface area contributed by atoms with E-state index in [4.69, 9.17) is 4.74 Å². The van der Waals surface area contributed by atoms with Gasteiger partial charge in [0.2, 0.25) is 5.91 Å². The van der Waals surface area contributed by atoms with Gasteiger partial charge in [-0.3, -0.25) is 9.59 Å². The number of thiazole rings is 1. The molecule has 8 heteroatoms. The minimum Gasteiger partial charge on any atom is -0.497 e. The maximum absolute atomic E-state index is 12.7. The number of nitrogens with zero attached hydrogens (tertiary/aromatic N) is 1. The van der Waals surface area contributed by atoms with Crippen LogP contribution in [0.25, 0.3) is 11.3 Å². The van der Waals surface area contributed by atoms with Crippen LogP contribution in [-0.4, -0.2) is 29.2 Å². The number of amides is 2. The maximum Gasteiger partial charge on any atom is 0.255 e. The standard InChI is InChI=1S/C26H23N3O3S2/c1-17(24(30)29-26-28-23(16-33-26)18-7-4-3-5-8-18)34-22-10-6-9-20(15-22)27-25(31)19-11-13-21(32-2)14-12-19/h3-17H,1-2H3,(H,27,31)(H,28,29,30). The normalized spacial score (nSPS) is 11.5. The van der Waals surface area contributed by atoms with Crippen LogP contribution < -0.4 is 15.4 Å². The van der Waals surface area contributed by atoms with E-state index in [1.807, 2.05) is 66.9 Å². The third kappa shape index (κ3) is 6.03. The molecule has 1 heterocycles. The predicted molar refractivity (Wildman–Crippen MR) is 139 cm³/mol. The average Bonchev–Trinajstić information content (AvgIpc) is 3.33. The molecule has 4 aromatic rings. The molecule has 1 atom stereocenters. The number of carbonyl (C=O) groups is 2. The fourth-order valence-corrected chi connectivity index (χ4v) is 4.78. The van der Waals surface area contributed by atoms with Crippen molar-refractivity contribution in [3.63, 3.8) is 0 Å². The van der Waals surface area contributed by atoms with E-state index >= 15 is 0 Å². The van der Waals surface area contributed by atoms with Crippen LogP contribution >= 0.6 is 23.1 Å². The Labute approximate surface area is 206 Å². The average molecular weight is 490 g/mol. The van der Waals surface area contributed by atoms with Crippen LogP contribution in [-0.2, 0) is 4.79 Å². The van der Waals surface area contributed by atoms with Crippen molar-refractivity contribution >= 4 is 45.7 Å². The second kappa shape index (κ2) is 11.0. The van der Waals surface area contributed by atoms with Gasteiger partial charge in [-0.05, 0) is 49.4 Å². The van der Waals surface area contributed by atoms with Crippen molar-refractivity contribution in [3.05, 3.63) is 89.8 Å². The van der Waals surface area contributed by atoms with Crippen molar-refractivity contribution < 1.29 is 14.3 Å². The maximum atomic E-state index is 12.7. The summed E-state index contributed by atoms with van der Waals surface area (Å²) >= 11 is 2.81. The minimum atomic E-state index is -0.350. The fraction of sp³-hybridized carbons (Fsp3) is 0.115. The van der Waals surface area contributed by atoms with E-state index in [1.165, 1.54) is 23.1 Å². The van der Waals surface area contributed by atoms with Crippen LogP contribution in [0.1, 0.15) is 17.3 Å². The molecule has 0 spiro atoms. The molecule has 1 unspecified atom stereocenters. The van der Waals surface area contributed by atoms with Gasteiger partial charge in [-0.15, -0.1) is 23.1 Å². The molecule has 4 rings (SSSR count). The number of anilines is 2. The third-order valence-corrected chi connectivity index (χ3v) is 6.78. The van der Waals surface area contributed by atoms with E-state index in [9.17, 15) is 9.59 Å². The number of carbonyl (C=O) groups excluding carboxylic acids is 2. The second-order valence-corrected chi connectivity index (χ2v) is 9.64. The SMILES string of the molecule is COc1ccc(C(=O)Nc2cccc(SC(C)C(=O)Nc3nc(-c4ccccc4)cs3)c2)cc1. The van der Waals surface area contributed by atoms with E-state index in [2.05, 4.69) is 15.6 Å². The summed E-state index contributed by atoms with van der Waals surface area (Å²) in [6, 6.07) is 24.2. The summed E-state index contributed by atoms with van der Waals surface area (Å²) in [7, 11) is 1.58. The van der Waals surface area contributed by atoms with Crippen LogP contribution in [0.4, 0.5) is 10.8 Å². The highest BCUT2D eigenvalue weighted by molar-refractivity contribution is 8.00. The number of methoxy groups -OCH3 is 1. The third-order valence-electron chi connectivity index (χ3n) is 4.93. The summed E-state index contributed by atoms with van der Waals surface area (Å²) in [5, 5.41) is 7.94. The molecule has 0 aliphatic rings. The molecule has 1 aromatic heterocycles. The van der Waals surface area contributed by atoms with E-state index < -0.39 is 0 Å². The molecule has 0 fully saturated rings. The van der Waals surface area contributed by atoms with E-state index in [-0.39, 0.29) is 17.1 Å². The Kier molecular flexibility index (Phi) is 7.61. The van der Waals surface area contributed by atoms with Crippen molar-refractivity contribution in [1.29, 1.82) is 0 Å². The molecule has 0 saturated heterocycles. The van der Waals surface area contributed by atoms with Gasteiger partial charge in [0.05, 0.1) is 18.1 Å². The summed E-state index contributed by atoms with van der Waals surface area (Å²) in [5.41, 5.74) is 3.03. The molecule has 2 amide bonds. The van der Waals surface area contributed by atoms with Crippen molar-refractivity contribution in [1.82, 2.24) is 4.98 Å². The Bertz CT molecular complexity index is 1270. The lowest BCUT2D eigenvalue weighted by molar-refractivity contribution is -0.115. The smallest absolute Gasteiger partial charge is 0.255 e. The fourth-order valence-electron chi connectivity index (χ4n) is 3.13. The zero-order valence-electron chi connectivity index (χ0n) is 18.6. The van der Waals surface area contributed by atoms with Crippen LogP contribution in [0.3, 0.4) is 0 Å².